The molecule has 0 fully saturated rings. The third-order valence-corrected chi connectivity index (χ3v) is 13.2. The summed E-state index contributed by atoms with van der Waals surface area (Å²) in [5.74, 6) is 1.86. The maximum atomic E-state index is 2.76. The van der Waals surface area contributed by atoms with Crippen molar-refractivity contribution in [3.05, 3.63) is 110 Å². The maximum absolute atomic E-state index is 2.76. The number of hydrogen-bond acceptors (Lipinski definition) is 0. The molecule has 0 saturated carbocycles. The van der Waals surface area contributed by atoms with Crippen LogP contribution in [-0.4, -0.2) is 9.13 Å². The van der Waals surface area contributed by atoms with Crippen molar-refractivity contribution < 1.29 is 0 Å². The van der Waals surface area contributed by atoms with Gasteiger partial charge in [0.2, 0.25) is 0 Å². The first-order valence-corrected chi connectivity index (χ1v) is 18.3. The van der Waals surface area contributed by atoms with Gasteiger partial charge in [-0.2, -0.15) is 0 Å². The predicted molar refractivity (Wildman–Crippen MR) is 202 cm³/mol. The van der Waals surface area contributed by atoms with Crippen LogP contribution in [0.3, 0.4) is 0 Å². The van der Waals surface area contributed by atoms with Crippen LogP contribution in [0.4, 0.5) is 0 Å². The highest BCUT2D eigenvalue weighted by Gasteiger charge is 2.45. The van der Waals surface area contributed by atoms with Crippen LogP contribution in [0, 0.1) is 34.5 Å². The average molecular weight is 625 g/mol. The van der Waals surface area contributed by atoms with Gasteiger partial charge < -0.3 is 9.13 Å². The summed E-state index contributed by atoms with van der Waals surface area (Å²) in [5, 5.41) is 10.1. The Bertz CT molecular complexity index is 2630. The fourth-order valence-corrected chi connectivity index (χ4v) is 10.5. The summed E-state index contributed by atoms with van der Waals surface area (Å²) in [6.45, 7) is 14.6. The van der Waals surface area contributed by atoms with Crippen molar-refractivity contribution in [3.63, 3.8) is 0 Å². The van der Waals surface area contributed by atoms with Crippen LogP contribution in [0.15, 0.2) is 66.7 Å². The average Bonchev–Trinajstić information content (AvgIpc) is 3.76. The highest BCUT2D eigenvalue weighted by atomic mass is 15.1. The minimum Gasteiger partial charge on any atom is -0.332 e. The van der Waals surface area contributed by atoms with Crippen LogP contribution < -0.4 is 21.1 Å². The van der Waals surface area contributed by atoms with E-state index in [1.165, 1.54) is 65.3 Å². The first-order valence-electron chi connectivity index (χ1n) is 18.3. The molecule has 0 bridgehead atoms. The minimum absolute atomic E-state index is 0.203. The highest BCUT2D eigenvalue weighted by molar-refractivity contribution is 6.03. The van der Waals surface area contributed by atoms with E-state index < -0.39 is 0 Å². The first-order chi connectivity index (χ1) is 23.0. The third-order valence-electron chi connectivity index (χ3n) is 13.2. The minimum atomic E-state index is 0.203. The van der Waals surface area contributed by atoms with E-state index in [9.17, 15) is 0 Å². The fourth-order valence-electron chi connectivity index (χ4n) is 10.5. The Balaban J connectivity index is 1.24. The Morgan fingerprint density at radius 2 is 1.44 bits per heavy atom. The Hall–Kier alpha value is -4.30. The largest absolute Gasteiger partial charge is 0.332 e. The predicted octanol–water partition coefficient (Wildman–Crippen LogP) is 7.82. The topological polar surface area (TPSA) is 9.86 Å². The van der Waals surface area contributed by atoms with Gasteiger partial charge in [-0.15, -0.1) is 0 Å². The smallest absolute Gasteiger partial charge is 0.0637 e. The summed E-state index contributed by atoms with van der Waals surface area (Å²) in [7, 11) is 0. The van der Waals surface area contributed by atoms with Gasteiger partial charge in [-0.25, -0.2) is 0 Å². The van der Waals surface area contributed by atoms with Gasteiger partial charge in [0, 0.05) is 44.6 Å². The zero-order valence-corrected chi connectivity index (χ0v) is 29.1. The molecule has 0 amide bonds. The quantitative estimate of drug-likeness (QED) is 0.166. The molecule has 3 aromatic carbocycles. The maximum Gasteiger partial charge on any atom is 0.0637 e. The standard InChI is InChI=1S/C46H44N2/c1-45(2,3)29-19-35-31-15-25-11-7-9-13-27(25)17-39(31)47-41-24-34-38-22-30(46(4,5)6)20-36-32-16-26-12-8-10-14-28(26)18-40(32)48(44(36)38)42(34)23-33(41)37(21-29)43(35)47/h7-15,17-18,21-24,29-30,32-33,41H,16,19-20H2,1-6H3. The van der Waals surface area contributed by atoms with Gasteiger partial charge in [0.25, 0.3) is 0 Å². The van der Waals surface area contributed by atoms with Crippen molar-refractivity contribution >= 4 is 62.8 Å². The molecule has 2 aliphatic heterocycles. The molecular weight excluding hydrogens is 581 g/mol. The molecular formula is C46H44N2. The van der Waals surface area contributed by atoms with E-state index >= 15 is 0 Å². The van der Waals surface area contributed by atoms with E-state index in [0.29, 0.717) is 23.7 Å². The van der Waals surface area contributed by atoms with Crippen molar-refractivity contribution in [1.29, 1.82) is 0 Å². The van der Waals surface area contributed by atoms with Crippen LogP contribution in [-0.2, 0) is 12.8 Å². The van der Waals surface area contributed by atoms with Gasteiger partial charge in [-0.05, 0) is 105 Å². The van der Waals surface area contributed by atoms with Crippen molar-refractivity contribution in [3.8, 4) is 0 Å². The molecule has 0 N–H and O–H groups in total. The van der Waals surface area contributed by atoms with Crippen LogP contribution in [0.1, 0.15) is 76.4 Å². The Morgan fingerprint density at radius 3 is 2.23 bits per heavy atom. The number of nitrogens with zero attached hydrogens (tertiary/aromatic N) is 2. The molecule has 6 aliphatic rings. The molecule has 11 rings (SSSR count). The molecule has 5 unspecified atom stereocenters. The van der Waals surface area contributed by atoms with Gasteiger partial charge in [0.05, 0.1) is 16.7 Å². The molecule has 4 aliphatic carbocycles. The van der Waals surface area contributed by atoms with Crippen molar-refractivity contribution in [2.45, 2.75) is 66.8 Å². The number of benzene rings is 3. The van der Waals surface area contributed by atoms with Crippen LogP contribution >= 0.6 is 0 Å². The lowest BCUT2D eigenvalue weighted by molar-refractivity contribution is 0.290. The van der Waals surface area contributed by atoms with Crippen molar-refractivity contribution in [1.82, 2.24) is 9.13 Å². The number of aromatic nitrogens is 2. The number of hydrogen-bond donors (Lipinski definition) is 0. The third kappa shape index (κ3) is 3.44. The van der Waals surface area contributed by atoms with E-state index in [4.69, 9.17) is 0 Å². The van der Waals surface area contributed by atoms with Crippen LogP contribution in [0.25, 0.3) is 62.8 Å². The molecule has 2 nitrogen and oxygen atoms in total. The molecule has 48 heavy (non-hydrogen) atoms. The second-order valence-electron chi connectivity index (χ2n) is 17.9. The molecule has 0 saturated heterocycles. The summed E-state index contributed by atoms with van der Waals surface area (Å²) >= 11 is 0. The van der Waals surface area contributed by atoms with E-state index in [2.05, 4.69) is 142 Å². The first kappa shape index (κ1) is 27.6. The number of allylic oxidation sites excluding steroid dienone is 3. The van der Waals surface area contributed by atoms with Crippen molar-refractivity contribution in [2.75, 3.05) is 0 Å². The zero-order valence-electron chi connectivity index (χ0n) is 29.1. The fraction of sp³-hybridized carbons (Fsp3) is 0.348. The van der Waals surface area contributed by atoms with Gasteiger partial charge in [0.15, 0.2) is 0 Å². The number of rotatable bonds is 0. The van der Waals surface area contributed by atoms with E-state index in [0.717, 1.165) is 19.3 Å². The molecule has 5 aromatic rings. The normalized spacial score (nSPS) is 26.0. The summed E-state index contributed by atoms with van der Waals surface area (Å²) < 4.78 is 5.49. The van der Waals surface area contributed by atoms with Crippen LogP contribution in [0.2, 0.25) is 0 Å². The highest BCUT2D eigenvalue weighted by Crippen LogP contribution is 2.54. The van der Waals surface area contributed by atoms with E-state index in [1.54, 1.807) is 16.7 Å². The Kier molecular flexibility index (Phi) is 5.08. The summed E-state index contributed by atoms with van der Waals surface area (Å²) in [5.41, 5.74) is 12.6. The van der Waals surface area contributed by atoms with Crippen LogP contribution in [0.5, 0.6) is 0 Å². The van der Waals surface area contributed by atoms with Gasteiger partial charge in [-0.3, -0.25) is 0 Å². The Morgan fingerprint density at radius 1 is 0.708 bits per heavy atom. The van der Waals surface area contributed by atoms with Gasteiger partial charge in [0.1, 0.15) is 0 Å². The van der Waals surface area contributed by atoms with Crippen molar-refractivity contribution in [2.24, 2.45) is 34.5 Å². The molecule has 2 aromatic heterocycles. The lowest BCUT2D eigenvalue weighted by Crippen LogP contribution is -2.45. The second-order valence-corrected chi connectivity index (χ2v) is 17.9. The Labute approximate surface area is 282 Å². The lowest BCUT2D eigenvalue weighted by atomic mass is 9.71. The van der Waals surface area contributed by atoms with E-state index in [-0.39, 0.29) is 16.9 Å². The molecule has 5 atom stereocenters. The monoisotopic (exact) mass is 624 g/mol. The van der Waals surface area contributed by atoms with Gasteiger partial charge >= 0.3 is 0 Å². The van der Waals surface area contributed by atoms with E-state index in [1.807, 2.05) is 0 Å². The zero-order chi connectivity index (χ0) is 32.4. The summed E-state index contributed by atoms with van der Waals surface area (Å²) in [4.78, 5) is 0. The molecule has 0 radical (unpaired) electrons. The molecule has 4 heterocycles. The molecule has 238 valence electrons. The number of fused-ring (bicyclic) bond motifs is 14. The molecule has 2 heteroatoms. The summed E-state index contributed by atoms with van der Waals surface area (Å²) in [6.07, 6.45) is 16.7. The SMILES string of the molecule is CC(C)(C)C1C=c2c3c(n4c2=C(C1)C1Cc2ccccc2C=C14)=CC1C2=CC(C(C)(C)C)Cc4c2n(c2cc5ccccc5cc42)C1C=3. The summed E-state index contributed by atoms with van der Waals surface area (Å²) in [6, 6.07) is 23.3. The molecule has 0 spiro atoms. The van der Waals surface area contributed by atoms with Gasteiger partial charge in [-0.1, -0.05) is 108 Å². The second kappa shape index (κ2) is 8.83. The lowest BCUT2D eigenvalue weighted by Gasteiger charge is -2.33.